The Morgan fingerprint density at radius 3 is 2.93 bits per heavy atom. The SMILES string of the molecule is C[C@@H]1C[C@H]1NCc1cc(C(=O)O)nn1C. The van der Waals surface area contributed by atoms with Crippen molar-refractivity contribution in [3.63, 3.8) is 0 Å². The maximum absolute atomic E-state index is 10.7. The summed E-state index contributed by atoms with van der Waals surface area (Å²) in [6, 6.07) is 2.20. The van der Waals surface area contributed by atoms with Crippen LogP contribution in [0.1, 0.15) is 29.5 Å². The molecule has 0 radical (unpaired) electrons. The van der Waals surface area contributed by atoms with Crippen molar-refractivity contribution in [2.75, 3.05) is 0 Å². The Kier molecular flexibility index (Phi) is 2.48. The molecule has 0 saturated heterocycles. The number of rotatable bonds is 4. The summed E-state index contributed by atoms with van der Waals surface area (Å²) in [6.45, 7) is 2.88. The number of nitrogens with zero attached hydrogens (tertiary/aromatic N) is 2. The smallest absolute Gasteiger partial charge is 0.356 e. The quantitative estimate of drug-likeness (QED) is 0.762. The van der Waals surface area contributed by atoms with Gasteiger partial charge in [0.25, 0.3) is 0 Å². The van der Waals surface area contributed by atoms with Crippen molar-refractivity contribution in [3.05, 3.63) is 17.5 Å². The van der Waals surface area contributed by atoms with Gasteiger partial charge in [0.15, 0.2) is 5.69 Å². The second-order valence-electron chi connectivity index (χ2n) is 4.15. The van der Waals surface area contributed by atoms with Crippen LogP contribution >= 0.6 is 0 Å². The summed E-state index contributed by atoms with van der Waals surface area (Å²) >= 11 is 0. The van der Waals surface area contributed by atoms with Gasteiger partial charge in [-0.3, -0.25) is 4.68 Å². The van der Waals surface area contributed by atoms with E-state index in [1.807, 2.05) is 0 Å². The lowest BCUT2D eigenvalue weighted by molar-refractivity contribution is 0.0689. The van der Waals surface area contributed by atoms with Gasteiger partial charge in [-0.2, -0.15) is 5.10 Å². The van der Waals surface area contributed by atoms with Crippen LogP contribution in [-0.4, -0.2) is 26.9 Å². The van der Waals surface area contributed by atoms with E-state index in [1.54, 1.807) is 17.8 Å². The summed E-state index contributed by atoms with van der Waals surface area (Å²) in [6.07, 6.45) is 1.21. The molecular weight excluding hydrogens is 194 g/mol. The topological polar surface area (TPSA) is 67.2 Å². The Morgan fingerprint density at radius 1 is 1.80 bits per heavy atom. The molecule has 2 atom stereocenters. The van der Waals surface area contributed by atoms with Crippen LogP contribution < -0.4 is 5.32 Å². The molecule has 2 N–H and O–H groups in total. The lowest BCUT2D eigenvalue weighted by Crippen LogP contribution is -2.18. The lowest BCUT2D eigenvalue weighted by atomic mass is 10.3. The molecular formula is C10H15N3O2. The molecule has 82 valence electrons. The van der Waals surface area contributed by atoms with Gasteiger partial charge >= 0.3 is 5.97 Å². The molecule has 5 heteroatoms. The molecule has 15 heavy (non-hydrogen) atoms. The van der Waals surface area contributed by atoms with Crippen molar-refractivity contribution < 1.29 is 9.90 Å². The highest BCUT2D eigenvalue weighted by Gasteiger charge is 2.31. The second-order valence-corrected chi connectivity index (χ2v) is 4.15. The predicted octanol–water partition coefficient (Wildman–Crippen LogP) is 0.616. The van der Waals surface area contributed by atoms with Crippen LogP contribution in [0.25, 0.3) is 0 Å². The minimum atomic E-state index is -0.975. The molecule has 1 fully saturated rings. The first-order valence-corrected chi connectivity index (χ1v) is 5.07. The molecule has 0 aromatic carbocycles. The van der Waals surface area contributed by atoms with E-state index < -0.39 is 5.97 Å². The maximum Gasteiger partial charge on any atom is 0.356 e. The number of aromatic nitrogens is 2. The van der Waals surface area contributed by atoms with E-state index in [0.717, 1.165) is 11.6 Å². The number of aromatic carboxylic acids is 1. The standard InChI is InChI=1S/C10H15N3O2/c1-6-3-8(6)11-5-7-4-9(10(14)15)12-13(7)2/h4,6,8,11H,3,5H2,1-2H3,(H,14,15)/t6-,8-/m1/s1. The summed E-state index contributed by atoms with van der Waals surface area (Å²) in [5.74, 6) is -0.228. The highest BCUT2D eigenvalue weighted by atomic mass is 16.4. The minimum Gasteiger partial charge on any atom is -0.476 e. The van der Waals surface area contributed by atoms with Crippen molar-refractivity contribution in [2.45, 2.75) is 25.9 Å². The molecule has 0 aliphatic heterocycles. The van der Waals surface area contributed by atoms with E-state index in [4.69, 9.17) is 5.11 Å². The van der Waals surface area contributed by atoms with Crippen LogP contribution in [0.3, 0.4) is 0 Å². The fourth-order valence-corrected chi connectivity index (χ4v) is 1.62. The average molecular weight is 209 g/mol. The Labute approximate surface area is 88.1 Å². The zero-order valence-corrected chi connectivity index (χ0v) is 8.90. The zero-order chi connectivity index (χ0) is 11.0. The maximum atomic E-state index is 10.7. The highest BCUT2D eigenvalue weighted by molar-refractivity contribution is 5.85. The Balaban J connectivity index is 1.98. The van der Waals surface area contributed by atoms with Crippen LogP contribution in [0.15, 0.2) is 6.07 Å². The normalized spacial score (nSPS) is 24.1. The van der Waals surface area contributed by atoms with Crippen LogP contribution in [0.4, 0.5) is 0 Å². The first-order valence-electron chi connectivity index (χ1n) is 5.07. The summed E-state index contributed by atoms with van der Waals surface area (Å²) in [7, 11) is 1.76. The molecule has 0 spiro atoms. The summed E-state index contributed by atoms with van der Waals surface area (Å²) < 4.78 is 1.61. The van der Waals surface area contributed by atoms with Gasteiger partial charge in [0, 0.05) is 19.6 Å². The van der Waals surface area contributed by atoms with Crippen molar-refractivity contribution in [1.82, 2.24) is 15.1 Å². The molecule has 1 aliphatic rings. The largest absolute Gasteiger partial charge is 0.476 e. The molecule has 2 rings (SSSR count). The van der Waals surface area contributed by atoms with E-state index in [2.05, 4.69) is 17.3 Å². The monoisotopic (exact) mass is 209 g/mol. The molecule has 5 nitrogen and oxygen atoms in total. The summed E-state index contributed by atoms with van der Waals surface area (Å²) in [5.41, 5.74) is 1.02. The van der Waals surface area contributed by atoms with Crippen molar-refractivity contribution in [2.24, 2.45) is 13.0 Å². The molecule has 0 amide bonds. The van der Waals surface area contributed by atoms with Gasteiger partial charge in [-0.25, -0.2) is 4.79 Å². The van der Waals surface area contributed by atoms with Gasteiger partial charge in [0.2, 0.25) is 0 Å². The van der Waals surface area contributed by atoms with Crippen molar-refractivity contribution in [1.29, 1.82) is 0 Å². The van der Waals surface area contributed by atoms with Crippen molar-refractivity contribution in [3.8, 4) is 0 Å². The van der Waals surface area contributed by atoms with Gasteiger partial charge in [-0.1, -0.05) is 6.92 Å². The van der Waals surface area contributed by atoms with E-state index >= 15 is 0 Å². The highest BCUT2D eigenvalue weighted by Crippen LogP contribution is 2.29. The Hall–Kier alpha value is -1.36. The van der Waals surface area contributed by atoms with E-state index in [0.29, 0.717) is 12.6 Å². The van der Waals surface area contributed by atoms with Gasteiger partial charge < -0.3 is 10.4 Å². The van der Waals surface area contributed by atoms with E-state index in [1.165, 1.54) is 6.42 Å². The van der Waals surface area contributed by atoms with Gasteiger partial charge in [0.1, 0.15) is 0 Å². The Morgan fingerprint density at radius 2 is 2.47 bits per heavy atom. The van der Waals surface area contributed by atoms with E-state index in [9.17, 15) is 4.79 Å². The molecule has 0 bridgehead atoms. The van der Waals surface area contributed by atoms with Crippen LogP contribution in [0, 0.1) is 5.92 Å². The third-order valence-electron chi connectivity index (χ3n) is 2.85. The van der Waals surface area contributed by atoms with Crippen molar-refractivity contribution >= 4 is 5.97 Å². The Bertz CT molecular complexity index is 386. The lowest BCUT2D eigenvalue weighted by Gasteiger charge is -2.02. The van der Waals surface area contributed by atoms with Gasteiger partial charge in [-0.05, 0) is 18.4 Å². The minimum absolute atomic E-state index is 0.109. The molecule has 1 saturated carbocycles. The van der Waals surface area contributed by atoms with Gasteiger partial charge in [-0.15, -0.1) is 0 Å². The number of aryl methyl sites for hydroxylation is 1. The van der Waals surface area contributed by atoms with Crippen LogP contribution in [0.2, 0.25) is 0 Å². The summed E-state index contributed by atoms with van der Waals surface area (Å²) in [4.78, 5) is 10.7. The van der Waals surface area contributed by atoms with E-state index in [-0.39, 0.29) is 5.69 Å². The molecule has 0 unspecified atom stereocenters. The number of carboxylic acid groups (broad SMARTS) is 1. The molecule has 1 aliphatic carbocycles. The van der Waals surface area contributed by atoms with Crippen LogP contribution in [0.5, 0.6) is 0 Å². The number of hydrogen-bond acceptors (Lipinski definition) is 3. The predicted molar refractivity (Wildman–Crippen MR) is 54.6 cm³/mol. The third-order valence-corrected chi connectivity index (χ3v) is 2.85. The third kappa shape index (κ3) is 2.18. The fraction of sp³-hybridized carbons (Fsp3) is 0.600. The number of hydrogen-bond donors (Lipinski definition) is 2. The number of carbonyl (C=O) groups is 1. The first kappa shape index (κ1) is 10.2. The second kappa shape index (κ2) is 3.66. The first-order chi connectivity index (χ1) is 7.08. The summed E-state index contributed by atoms with van der Waals surface area (Å²) in [5, 5.41) is 16.0. The van der Waals surface area contributed by atoms with Gasteiger partial charge in [0.05, 0.1) is 5.69 Å². The molecule has 1 heterocycles. The van der Waals surface area contributed by atoms with Crippen LogP contribution in [-0.2, 0) is 13.6 Å². The molecule has 1 aromatic rings. The number of nitrogens with one attached hydrogen (secondary N) is 1. The molecule has 1 aromatic heterocycles. The number of carboxylic acids is 1. The fourth-order valence-electron chi connectivity index (χ4n) is 1.62. The zero-order valence-electron chi connectivity index (χ0n) is 8.90. The average Bonchev–Trinajstić information content (AvgIpc) is 2.72.